The van der Waals surface area contributed by atoms with Gasteiger partial charge in [0.05, 0.1) is 7.11 Å². The van der Waals surface area contributed by atoms with Crippen LogP contribution in [0.5, 0.6) is 5.75 Å². The van der Waals surface area contributed by atoms with E-state index in [2.05, 4.69) is 71.0 Å². The van der Waals surface area contributed by atoms with Crippen LogP contribution in [0.4, 0.5) is 0 Å². The normalized spacial score (nSPS) is 16.0. The van der Waals surface area contributed by atoms with Gasteiger partial charge in [0.1, 0.15) is 12.0 Å². The predicted octanol–water partition coefficient (Wildman–Crippen LogP) is 9.21. The largest absolute Gasteiger partial charge is 0.496 e. The second-order valence-electron chi connectivity index (χ2n) is 9.67. The lowest BCUT2D eigenvalue weighted by atomic mass is 9.72. The van der Waals surface area contributed by atoms with Crippen molar-refractivity contribution in [2.75, 3.05) is 7.11 Å². The van der Waals surface area contributed by atoms with Gasteiger partial charge in [0.25, 0.3) is 0 Å². The Labute approximate surface area is 198 Å². The zero-order valence-corrected chi connectivity index (χ0v) is 22.0. The summed E-state index contributed by atoms with van der Waals surface area (Å²) in [5.41, 5.74) is 1.44. The van der Waals surface area contributed by atoms with Gasteiger partial charge in [-0.3, -0.25) is 0 Å². The third kappa shape index (κ3) is 7.64. The number of hydrogen-bond donors (Lipinski definition) is 0. The molecule has 2 aromatic carbocycles. The highest BCUT2D eigenvalue weighted by Gasteiger charge is 2.28. The van der Waals surface area contributed by atoms with E-state index in [0.29, 0.717) is 11.8 Å². The minimum Gasteiger partial charge on any atom is -0.496 e. The highest BCUT2D eigenvalue weighted by molar-refractivity contribution is 5.91. The lowest BCUT2D eigenvalue weighted by Gasteiger charge is -2.32. The number of fused-ring (bicyclic) bond motifs is 1. The molecule has 1 aliphatic rings. The molecule has 2 nitrogen and oxygen atoms in total. The first-order valence-corrected chi connectivity index (χ1v) is 12.9. The van der Waals surface area contributed by atoms with Gasteiger partial charge in [-0.05, 0) is 54.0 Å². The minimum atomic E-state index is -0.0227. The van der Waals surface area contributed by atoms with Crippen molar-refractivity contribution in [1.82, 2.24) is 0 Å². The summed E-state index contributed by atoms with van der Waals surface area (Å²) in [5.74, 6) is 3.11. The van der Waals surface area contributed by atoms with Gasteiger partial charge in [-0.25, -0.2) is 0 Å². The number of methoxy groups -OCH3 is 1. The molecule has 0 aliphatic heterocycles. The van der Waals surface area contributed by atoms with Crippen LogP contribution >= 0.6 is 0 Å². The van der Waals surface area contributed by atoms with Crippen molar-refractivity contribution in [3.05, 3.63) is 42.0 Å². The highest BCUT2D eigenvalue weighted by atomic mass is 16.5. The molecule has 0 bridgehead atoms. The fraction of sp³-hybridized carbons (Fsp3) is 0.633. The summed E-state index contributed by atoms with van der Waals surface area (Å²) in [4.78, 5) is 10.7. The van der Waals surface area contributed by atoms with Gasteiger partial charge in [0, 0.05) is 10.8 Å². The Hall–Kier alpha value is -1.83. The predicted molar refractivity (Wildman–Crippen MR) is 141 cm³/mol. The Morgan fingerprint density at radius 2 is 1.69 bits per heavy atom. The molecule has 2 heteroatoms. The topological polar surface area (TPSA) is 26.3 Å². The molecular weight excluding hydrogens is 392 g/mol. The summed E-state index contributed by atoms with van der Waals surface area (Å²) in [6, 6.07) is 12.9. The molecule has 180 valence electrons. The number of ether oxygens (including phenoxy) is 1. The van der Waals surface area contributed by atoms with Crippen LogP contribution in [0.25, 0.3) is 10.8 Å². The molecule has 0 saturated heterocycles. The Bertz CT molecular complexity index is 791. The summed E-state index contributed by atoms with van der Waals surface area (Å²) >= 11 is 0. The van der Waals surface area contributed by atoms with E-state index in [1.165, 1.54) is 48.4 Å². The van der Waals surface area contributed by atoms with E-state index in [1.807, 2.05) is 13.8 Å². The van der Waals surface area contributed by atoms with Crippen molar-refractivity contribution in [1.29, 1.82) is 0 Å². The van der Waals surface area contributed by atoms with Gasteiger partial charge in [0.15, 0.2) is 0 Å². The van der Waals surface area contributed by atoms with Crippen molar-refractivity contribution in [2.45, 2.75) is 99.3 Å². The van der Waals surface area contributed by atoms with Crippen LogP contribution < -0.4 is 4.74 Å². The Kier molecular flexibility index (Phi) is 12.6. The molecule has 0 heterocycles. The average molecular weight is 441 g/mol. The first kappa shape index (κ1) is 28.2. The van der Waals surface area contributed by atoms with Crippen molar-refractivity contribution in [3.8, 4) is 5.75 Å². The van der Waals surface area contributed by atoms with Gasteiger partial charge in [-0.1, -0.05) is 104 Å². The molecule has 3 rings (SSSR count). The molecule has 2 unspecified atom stereocenters. The average Bonchev–Trinajstić information content (AvgIpc) is 2.81. The van der Waals surface area contributed by atoms with Gasteiger partial charge in [0.2, 0.25) is 0 Å². The van der Waals surface area contributed by atoms with Crippen LogP contribution in [0.2, 0.25) is 0 Å². The molecule has 32 heavy (non-hydrogen) atoms. The number of rotatable bonds is 9. The number of carbonyl (C=O) groups is 1. The van der Waals surface area contributed by atoms with Gasteiger partial charge in [-0.15, -0.1) is 0 Å². The molecule has 0 aromatic heterocycles. The smallest absolute Gasteiger partial charge is 0.126 e. The first-order valence-electron chi connectivity index (χ1n) is 12.9. The number of hydrogen-bond acceptors (Lipinski definition) is 2. The van der Waals surface area contributed by atoms with E-state index in [0.717, 1.165) is 30.8 Å². The Morgan fingerprint density at radius 3 is 2.12 bits per heavy atom. The van der Waals surface area contributed by atoms with Crippen LogP contribution in [0.3, 0.4) is 0 Å². The van der Waals surface area contributed by atoms with Crippen LogP contribution in [-0.2, 0) is 4.79 Å². The Balaban J connectivity index is 0.000000335. The monoisotopic (exact) mass is 440 g/mol. The molecule has 2 atom stereocenters. The minimum absolute atomic E-state index is 0.0227. The zero-order valence-electron chi connectivity index (χ0n) is 22.0. The summed E-state index contributed by atoms with van der Waals surface area (Å²) in [6.45, 7) is 15.1. The third-order valence-electron chi connectivity index (χ3n) is 7.01. The fourth-order valence-corrected chi connectivity index (χ4v) is 4.59. The summed E-state index contributed by atoms with van der Waals surface area (Å²) in [5, 5.41) is 2.57. The fourth-order valence-electron chi connectivity index (χ4n) is 4.59. The first-order chi connectivity index (χ1) is 15.4. The number of carbonyl (C=O) groups excluding carboxylic acids is 1. The summed E-state index contributed by atoms with van der Waals surface area (Å²) in [6.07, 6.45) is 9.80. The SMILES string of the molecule is CC.CCC(C)(C=O)CC1CCC1.CCCC(c1ccc(OC)c2ccccc12)C(C)C. The van der Waals surface area contributed by atoms with Crippen molar-refractivity contribution in [2.24, 2.45) is 17.3 Å². The van der Waals surface area contributed by atoms with Crippen LogP contribution in [0, 0.1) is 17.3 Å². The lowest BCUT2D eigenvalue weighted by Crippen LogP contribution is -2.24. The standard InChI is InChI=1S/C18H24O.C10H18O.C2H6/c1-5-8-14(13(2)3)16-11-12-18(19-4)17-10-7-6-9-15(16)17;1-3-10(2,8-11)7-9-5-4-6-9;1-2/h6-7,9-14H,5,8H2,1-4H3;8-9H,3-7H2,1-2H3;1-2H3. The quantitative estimate of drug-likeness (QED) is 0.363. The molecule has 0 radical (unpaired) electrons. The molecule has 0 spiro atoms. The van der Waals surface area contributed by atoms with Crippen LogP contribution in [0.1, 0.15) is 105 Å². The van der Waals surface area contributed by atoms with E-state index in [4.69, 9.17) is 4.74 Å². The molecule has 2 aromatic rings. The molecule has 1 aliphatic carbocycles. The van der Waals surface area contributed by atoms with E-state index >= 15 is 0 Å². The second-order valence-corrected chi connectivity index (χ2v) is 9.67. The second kappa shape index (κ2) is 14.3. The van der Waals surface area contributed by atoms with E-state index in [-0.39, 0.29) is 5.41 Å². The Morgan fingerprint density at radius 1 is 1.06 bits per heavy atom. The van der Waals surface area contributed by atoms with E-state index in [9.17, 15) is 4.79 Å². The van der Waals surface area contributed by atoms with E-state index < -0.39 is 0 Å². The van der Waals surface area contributed by atoms with Gasteiger partial charge >= 0.3 is 0 Å². The lowest BCUT2D eigenvalue weighted by molar-refractivity contribution is -0.116. The van der Waals surface area contributed by atoms with Crippen molar-refractivity contribution in [3.63, 3.8) is 0 Å². The summed E-state index contributed by atoms with van der Waals surface area (Å²) < 4.78 is 5.48. The third-order valence-corrected chi connectivity index (χ3v) is 7.01. The van der Waals surface area contributed by atoms with Gasteiger partial charge in [-0.2, -0.15) is 0 Å². The maximum absolute atomic E-state index is 10.7. The highest BCUT2D eigenvalue weighted by Crippen LogP contribution is 2.38. The zero-order chi connectivity index (χ0) is 24.1. The molecule has 1 saturated carbocycles. The van der Waals surface area contributed by atoms with Gasteiger partial charge < -0.3 is 9.53 Å². The summed E-state index contributed by atoms with van der Waals surface area (Å²) in [7, 11) is 1.74. The number of benzene rings is 2. The molecule has 0 amide bonds. The molecular formula is C30H48O2. The maximum Gasteiger partial charge on any atom is 0.126 e. The molecule has 0 N–H and O–H groups in total. The van der Waals surface area contributed by atoms with Crippen molar-refractivity contribution < 1.29 is 9.53 Å². The maximum atomic E-state index is 10.7. The van der Waals surface area contributed by atoms with Crippen LogP contribution in [0.15, 0.2) is 36.4 Å². The number of aldehydes is 1. The van der Waals surface area contributed by atoms with Crippen molar-refractivity contribution >= 4 is 17.1 Å². The molecule has 1 fully saturated rings. The van der Waals surface area contributed by atoms with Crippen LogP contribution in [-0.4, -0.2) is 13.4 Å². The van der Waals surface area contributed by atoms with E-state index in [1.54, 1.807) is 7.11 Å².